The Morgan fingerprint density at radius 3 is 2.54 bits per heavy atom. The molecule has 1 aromatic carbocycles. The smallest absolute Gasteiger partial charge is 0.325 e. The summed E-state index contributed by atoms with van der Waals surface area (Å²) in [7, 11) is 0. The predicted molar refractivity (Wildman–Crippen MR) is 108 cm³/mol. The van der Waals surface area contributed by atoms with Gasteiger partial charge >= 0.3 is 6.03 Å². The third kappa shape index (κ3) is 4.02. The fourth-order valence-corrected chi connectivity index (χ4v) is 4.38. The molecule has 4 amide bonds. The minimum absolute atomic E-state index is 0.234. The number of hydrogen-bond acceptors (Lipinski definition) is 3. The van der Waals surface area contributed by atoms with Crippen molar-refractivity contribution >= 4 is 29.4 Å². The van der Waals surface area contributed by atoms with Crippen molar-refractivity contribution in [2.75, 3.05) is 13.1 Å². The number of likely N-dealkylation sites (N-methyl/N-ethyl adjacent to an activating group) is 1. The van der Waals surface area contributed by atoms with Gasteiger partial charge in [-0.1, -0.05) is 43.1 Å². The number of urea groups is 1. The van der Waals surface area contributed by atoms with Gasteiger partial charge in [0.25, 0.3) is 5.91 Å². The molecule has 1 aliphatic carbocycles. The molecule has 28 heavy (non-hydrogen) atoms. The summed E-state index contributed by atoms with van der Waals surface area (Å²) in [6.07, 6.45) is 4.25. The van der Waals surface area contributed by atoms with Gasteiger partial charge in [0.1, 0.15) is 12.1 Å². The average molecular weight is 406 g/mol. The van der Waals surface area contributed by atoms with Gasteiger partial charge in [0.05, 0.1) is 0 Å². The largest absolute Gasteiger partial charge is 0.337 e. The number of carbonyl (C=O) groups is 3. The van der Waals surface area contributed by atoms with Gasteiger partial charge in [-0.15, -0.1) is 0 Å². The topological polar surface area (TPSA) is 69.7 Å². The Labute approximate surface area is 171 Å². The van der Waals surface area contributed by atoms with Gasteiger partial charge in [-0.3, -0.25) is 14.5 Å². The summed E-state index contributed by atoms with van der Waals surface area (Å²) in [5, 5.41) is 3.47. The summed E-state index contributed by atoms with van der Waals surface area (Å²) in [6, 6.07) is 6.90. The molecule has 1 aromatic rings. The lowest BCUT2D eigenvalue weighted by atomic mass is 9.75. The Hall–Kier alpha value is -2.08. The lowest BCUT2D eigenvalue weighted by molar-refractivity contribution is -0.140. The third-order valence-electron chi connectivity index (χ3n) is 6.13. The Bertz CT molecular complexity index is 759. The summed E-state index contributed by atoms with van der Waals surface area (Å²) < 4.78 is 0. The molecule has 2 fully saturated rings. The van der Waals surface area contributed by atoms with Crippen molar-refractivity contribution in [2.45, 2.75) is 58.0 Å². The lowest BCUT2D eigenvalue weighted by Crippen LogP contribution is -2.50. The van der Waals surface area contributed by atoms with Crippen LogP contribution in [0.15, 0.2) is 24.3 Å². The zero-order valence-corrected chi connectivity index (χ0v) is 17.3. The summed E-state index contributed by atoms with van der Waals surface area (Å²) in [5.74, 6) is 0.0941. The first-order valence-corrected chi connectivity index (χ1v) is 10.4. The first-order chi connectivity index (χ1) is 13.4. The number of nitrogens with zero attached hydrogens (tertiary/aromatic N) is 2. The average Bonchev–Trinajstić information content (AvgIpc) is 2.92. The van der Waals surface area contributed by atoms with Gasteiger partial charge in [-0.2, -0.15) is 0 Å². The molecule has 1 saturated heterocycles. The molecular formula is C21H28ClN3O3. The normalized spacial score (nSPS) is 24.5. The van der Waals surface area contributed by atoms with Gasteiger partial charge in [0.2, 0.25) is 5.91 Å². The van der Waals surface area contributed by atoms with E-state index < -0.39 is 11.6 Å². The van der Waals surface area contributed by atoms with Crippen molar-refractivity contribution < 1.29 is 14.4 Å². The second-order valence-electron chi connectivity index (χ2n) is 7.75. The van der Waals surface area contributed by atoms with Crippen LogP contribution in [0.25, 0.3) is 0 Å². The van der Waals surface area contributed by atoms with Crippen molar-refractivity contribution in [1.82, 2.24) is 15.1 Å². The van der Waals surface area contributed by atoms with Gasteiger partial charge in [0, 0.05) is 18.1 Å². The maximum atomic E-state index is 13.0. The molecule has 1 saturated carbocycles. The minimum atomic E-state index is -0.817. The van der Waals surface area contributed by atoms with E-state index in [9.17, 15) is 14.4 Å². The molecule has 3 rings (SSSR count). The molecule has 152 valence electrons. The van der Waals surface area contributed by atoms with Crippen molar-refractivity contribution in [1.29, 1.82) is 0 Å². The molecule has 1 aliphatic heterocycles. The molecule has 0 atom stereocenters. The van der Waals surface area contributed by atoms with Crippen LogP contribution in [0.4, 0.5) is 4.79 Å². The Balaban J connectivity index is 1.66. The molecular weight excluding hydrogens is 378 g/mol. The highest BCUT2D eigenvalue weighted by Crippen LogP contribution is 2.37. The van der Waals surface area contributed by atoms with Crippen LogP contribution in [-0.2, 0) is 16.1 Å². The standard InChI is InChI=1S/C21H28ClN3O3/c1-3-15-9-11-21(12-10-15)19(27)25(20(28)23-21)14-18(26)24(4-2)13-16-7-5-6-8-17(16)22/h5-8,15H,3-4,9-14H2,1-2H3,(H,23,28). The second kappa shape index (κ2) is 8.52. The number of rotatable bonds is 6. The van der Waals surface area contributed by atoms with Crippen LogP contribution in [0.2, 0.25) is 5.02 Å². The van der Waals surface area contributed by atoms with E-state index >= 15 is 0 Å². The maximum absolute atomic E-state index is 13.0. The number of halogens is 1. The van der Waals surface area contributed by atoms with Crippen LogP contribution < -0.4 is 5.32 Å². The fraction of sp³-hybridized carbons (Fsp3) is 0.571. The number of imide groups is 1. The highest BCUT2D eigenvalue weighted by Gasteiger charge is 2.52. The van der Waals surface area contributed by atoms with Crippen LogP contribution >= 0.6 is 11.6 Å². The van der Waals surface area contributed by atoms with E-state index in [4.69, 9.17) is 11.6 Å². The van der Waals surface area contributed by atoms with E-state index in [1.807, 2.05) is 25.1 Å². The summed E-state index contributed by atoms with van der Waals surface area (Å²) in [5.41, 5.74) is 0.0222. The predicted octanol–water partition coefficient (Wildman–Crippen LogP) is 3.58. The Morgan fingerprint density at radius 1 is 1.25 bits per heavy atom. The zero-order valence-electron chi connectivity index (χ0n) is 16.5. The highest BCUT2D eigenvalue weighted by molar-refractivity contribution is 6.31. The number of nitrogens with one attached hydrogen (secondary N) is 1. The van der Waals surface area contributed by atoms with E-state index in [1.54, 1.807) is 11.0 Å². The molecule has 0 bridgehead atoms. The molecule has 1 heterocycles. The molecule has 7 heteroatoms. The summed E-state index contributed by atoms with van der Waals surface area (Å²) in [4.78, 5) is 41.0. The van der Waals surface area contributed by atoms with E-state index in [2.05, 4.69) is 12.2 Å². The van der Waals surface area contributed by atoms with E-state index in [0.29, 0.717) is 36.9 Å². The zero-order chi connectivity index (χ0) is 20.3. The maximum Gasteiger partial charge on any atom is 0.325 e. The molecule has 0 unspecified atom stereocenters. The van der Waals surface area contributed by atoms with Crippen molar-refractivity contribution in [3.63, 3.8) is 0 Å². The molecule has 0 aromatic heterocycles. The SMILES string of the molecule is CCC1CCC2(CC1)NC(=O)N(CC(=O)N(CC)Cc1ccccc1Cl)C2=O. The summed E-state index contributed by atoms with van der Waals surface area (Å²) in [6.45, 7) is 4.61. The van der Waals surface area contributed by atoms with Crippen molar-refractivity contribution in [2.24, 2.45) is 5.92 Å². The van der Waals surface area contributed by atoms with Crippen molar-refractivity contribution in [3.8, 4) is 0 Å². The van der Waals surface area contributed by atoms with E-state index in [0.717, 1.165) is 29.7 Å². The van der Waals surface area contributed by atoms with Crippen molar-refractivity contribution in [3.05, 3.63) is 34.9 Å². The van der Waals surface area contributed by atoms with Crippen LogP contribution in [0, 0.1) is 5.92 Å². The van der Waals surface area contributed by atoms with Gasteiger partial charge in [-0.05, 0) is 50.2 Å². The van der Waals surface area contributed by atoms with Gasteiger partial charge < -0.3 is 10.2 Å². The number of carbonyl (C=O) groups excluding carboxylic acids is 3. The van der Waals surface area contributed by atoms with Crippen LogP contribution in [0.5, 0.6) is 0 Å². The number of hydrogen-bond donors (Lipinski definition) is 1. The lowest BCUT2D eigenvalue weighted by Gasteiger charge is -2.34. The Kier molecular flexibility index (Phi) is 6.28. The van der Waals surface area contributed by atoms with Gasteiger partial charge in [-0.25, -0.2) is 4.79 Å². The quantitative estimate of drug-likeness (QED) is 0.735. The second-order valence-corrected chi connectivity index (χ2v) is 8.16. The highest BCUT2D eigenvalue weighted by atomic mass is 35.5. The van der Waals surface area contributed by atoms with Crippen LogP contribution in [0.3, 0.4) is 0 Å². The number of benzene rings is 1. The monoisotopic (exact) mass is 405 g/mol. The van der Waals surface area contributed by atoms with Crippen LogP contribution in [-0.4, -0.2) is 46.3 Å². The third-order valence-corrected chi connectivity index (χ3v) is 6.50. The molecule has 1 N–H and O–H groups in total. The first kappa shape index (κ1) is 20.6. The summed E-state index contributed by atoms with van der Waals surface area (Å²) >= 11 is 6.20. The Morgan fingerprint density at radius 2 is 1.93 bits per heavy atom. The first-order valence-electron chi connectivity index (χ1n) is 10.1. The van der Waals surface area contributed by atoms with Gasteiger partial charge in [0.15, 0.2) is 0 Å². The molecule has 0 radical (unpaired) electrons. The molecule has 6 nitrogen and oxygen atoms in total. The molecule has 1 spiro atoms. The van der Waals surface area contributed by atoms with Crippen LogP contribution in [0.1, 0.15) is 51.5 Å². The van der Waals surface area contributed by atoms with E-state index in [1.165, 1.54) is 0 Å². The van der Waals surface area contributed by atoms with E-state index in [-0.39, 0.29) is 18.4 Å². The fourth-order valence-electron chi connectivity index (χ4n) is 4.18. The molecule has 2 aliphatic rings. The number of amides is 4. The minimum Gasteiger partial charge on any atom is -0.337 e.